The van der Waals surface area contributed by atoms with Crippen molar-refractivity contribution in [3.63, 3.8) is 0 Å². The molecule has 0 saturated heterocycles. The fourth-order valence-corrected chi connectivity index (χ4v) is 3.64. The number of amides is 1. The fraction of sp³-hybridized carbons (Fsp3) is 0.304. The molecule has 0 aliphatic rings. The summed E-state index contributed by atoms with van der Waals surface area (Å²) in [6, 6.07) is 12.4. The summed E-state index contributed by atoms with van der Waals surface area (Å²) >= 11 is 1.42. The highest BCUT2D eigenvalue weighted by Gasteiger charge is 2.12. The number of nitrogens with one attached hydrogen (secondary N) is 1. The summed E-state index contributed by atoms with van der Waals surface area (Å²) in [5, 5.41) is 5.37. The molecule has 1 aromatic heterocycles. The van der Waals surface area contributed by atoms with E-state index in [1.54, 1.807) is 0 Å². The van der Waals surface area contributed by atoms with Crippen LogP contribution in [-0.4, -0.2) is 17.5 Å². The van der Waals surface area contributed by atoms with Gasteiger partial charge in [-0.15, -0.1) is 11.3 Å². The number of hydrogen-bond donors (Lipinski definition) is 1. The highest BCUT2D eigenvalue weighted by Crippen LogP contribution is 2.28. The molecule has 0 radical (unpaired) electrons. The molecule has 3 rings (SSSR count). The van der Waals surface area contributed by atoms with Gasteiger partial charge in [-0.05, 0) is 61.1 Å². The summed E-state index contributed by atoms with van der Waals surface area (Å²) in [5.41, 5.74) is 6.61. The van der Waals surface area contributed by atoms with Crippen LogP contribution in [0.5, 0.6) is 5.75 Å². The standard InChI is InChI=1S/C23H26N2O2S/c1-14(2)19-9-6-15(3)10-21(19)27-12-22(26)25-23-24-20(13-28-23)18-8-7-16(4)17(5)11-18/h6-11,13-14H,12H2,1-5H3,(H,24,25,26). The number of aryl methyl sites for hydroxylation is 3. The highest BCUT2D eigenvalue weighted by atomic mass is 32.1. The second-order valence-corrected chi connectivity index (χ2v) is 8.23. The van der Waals surface area contributed by atoms with Gasteiger partial charge in [0.1, 0.15) is 5.75 Å². The molecule has 0 saturated carbocycles. The molecular weight excluding hydrogens is 368 g/mol. The lowest BCUT2D eigenvalue weighted by molar-refractivity contribution is -0.118. The van der Waals surface area contributed by atoms with E-state index in [9.17, 15) is 4.79 Å². The average Bonchev–Trinajstić information content (AvgIpc) is 3.10. The smallest absolute Gasteiger partial charge is 0.264 e. The predicted molar refractivity (Wildman–Crippen MR) is 116 cm³/mol. The van der Waals surface area contributed by atoms with Gasteiger partial charge in [0.2, 0.25) is 0 Å². The van der Waals surface area contributed by atoms with Crippen LogP contribution in [0.4, 0.5) is 5.13 Å². The molecule has 2 aromatic carbocycles. The van der Waals surface area contributed by atoms with Gasteiger partial charge in [-0.25, -0.2) is 4.98 Å². The first kappa shape index (κ1) is 20.1. The van der Waals surface area contributed by atoms with E-state index in [1.807, 2.05) is 18.4 Å². The molecule has 146 valence electrons. The Morgan fingerprint density at radius 3 is 2.61 bits per heavy atom. The molecular formula is C23H26N2O2S. The van der Waals surface area contributed by atoms with Crippen LogP contribution < -0.4 is 10.1 Å². The number of carbonyl (C=O) groups is 1. The first-order valence-corrected chi connectivity index (χ1v) is 10.3. The number of rotatable bonds is 6. The number of aromatic nitrogens is 1. The van der Waals surface area contributed by atoms with Crippen molar-refractivity contribution >= 4 is 22.4 Å². The third kappa shape index (κ3) is 4.78. The van der Waals surface area contributed by atoms with Crippen LogP contribution in [0.25, 0.3) is 11.3 Å². The van der Waals surface area contributed by atoms with Crippen molar-refractivity contribution in [3.05, 3.63) is 64.0 Å². The number of nitrogens with zero attached hydrogens (tertiary/aromatic N) is 1. The lowest BCUT2D eigenvalue weighted by Crippen LogP contribution is -2.20. The average molecular weight is 395 g/mol. The Kier molecular flexibility index (Phi) is 6.15. The van der Waals surface area contributed by atoms with Gasteiger partial charge in [0.05, 0.1) is 5.69 Å². The van der Waals surface area contributed by atoms with Crippen LogP contribution in [0.1, 0.15) is 42.0 Å². The maximum Gasteiger partial charge on any atom is 0.264 e. The SMILES string of the molecule is Cc1ccc(C(C)C)c(OCC(=O)Nc2nc(-c3ccc(C)c(C)c3)cs2)c1. The van der Waals surface area contributed by atoms with Gasteiger partial charge < -0.3 is 4.74 Å². The zero-order valence-electron chi connectivity index (χ0n) is 17.0. The minimum atomic E-state index is -0.211. The third-order valence-electron chi connectivity index (χ3n) is 4.70. The molecule has 5 heteroatoms. The molecule has 0 bridgehead atoms. The maximum absolute atomic E-state index is 12.3. The van der Waals surface area contributed by atoms with E-state index in [-0.39, 0.29) is 12.5 Å². The summed E-state index contributed by atoms with van der Waals surface area (Å²) in [6.07, 6.45) is 0. The van der Waals surface area contributed by atoms with E-state index >= 15 is 0 Å². The fourth-order valence-electron chi connectivity index (χ4n) is 2.91. The Labute approximate surface area is 170 Å². The van der Waals surface area contributed by atoms with Gasteiger partial charge in [-0.1, -0.05) is 38.1 Å². The first-order valence-electron chi connectivity index (χ1n) is 9.40. The molecule has 1 N–H and O–H groups in total. The van der Waals surface area contributed by atoms with E-state index < -0.39 is 0 Å². The normalized spacial score (nSPS) is 10.9. The maximum atomic E-state index is 12.3. The molecule has 28 heavy (non-hydrogen) atoms. The summed E-state index contributed by atoms with van der Waals surface area (Å²) in [6.45, 7) is 10.4. The van der Waals surface area contributed by atoms with Crippen LogP contribution in [0.3, 0.4) is 0 Å². The van der Waals surface area contributed by atoms with Crippen LogP contribution in [0.15, 0.2) is 41.8 Å². The minimum absolute atomic E-state index is 0.0400. The molecule has 4 nitrogen and oxygen atoms in total. The van der Waals surface area contributed by atoms with Gasteiger partial charge in [-0.2, -0.15) is 0 Å². The van der Waals surface area contributed by atoms with Gasteiger partial charge in [-0.3, -0.25) is 10.1 Å². The topological polar surface area (TPSA) is 51.2 Å². The molecule has 0 aliphatic carbocycles. The second kappa shape index (κ2) is 8.57. The summed E-state index contributed by atoms with van der Waals surface area (Å²) < 4.78 is 5.80. The Bertz CT molecular complexity index is 992. The summed E-state index contributed by atoms with van der Waals surface area (Å²) in [7, 11) is 0. The summed E-state index contributed by atoms with van der Waals surface area (Å²) in [5.74, 6) is 0.885. The van der Waals surface area contributed by atoms with Crippen molar-refractivity contribution in [1.82, 2.24) is 4.98 Å². The number of hydrogen-bond acceptors (Lipinski definition) is 4. The van der Waals surface area contributed by atoms with E-state index in [0.29, 0.717) is 11.0 Å². The van der Waals surface area contributed by atoms with E-state index in [4.69, 9.17) is 4.74 Å². The number of ether oxygens (including phenoxy) is 1. The van der Waals surface area contributed by atoms with Gasteiger partial charge in [0.25, 0.3) is 5.91 Å². The predicted octanol–water partition coefficient (Wildman–Crippen LogP) is 5.88. The Hall–Kier alpha value is -2.66. The molecule has 0 unspecified atom stereocenters. The zero-order chi connectivity index (χ0) is 20.3. The minimum Gasteiger partial charge on any atom is -0.483 e. The molecule has 1 heterocycles. The van der Waals surface area contributed by atoms with Crippen molar-refractivity contribution in [3.8, 4) is 17.0 Å². The van der Waals surface area contributed by atoms with Crippen LogP contribution in [-0.2, 0) is 4.79 Å². The van der Waals surface area contributed by atoms with E-state index in [2.05, 4.69) is 68.3 Å². The van der Waals surface area contributed by atoms with Gasteiger partial charge >= 0.3 is 0 Å². The highest BCUT2D eigenvalue weighted by molar-refractivity contribution is 7.14. The lowest BCUT2D eigenvalue weighted by Gasteiger charge is -2.14. The Morgan fingerprint density at radius 1 is 1.11 bits per heavy atom. The Morgan fingerprint density at radius 2 is 1.89 bits per heavy atom. The quantitative estimate of drug-likeness (QED) is 0.568. The number of anilines is 1. The van der Waals surface area contributed by atoms with E-state index in [1.165, 1.54) is 22.5 Å². The van der Waals surface area contributed by atoms with Crippen LogP contribution >= 0.6 is 11.3 Å². The molecule has 0 fully saturated rings. The largest absolute Gasteiger partial charge is 0.483 e. The molecule has 3 aromatic rings. The summed E-state index contributed by atoms with van der Waals surface area (Å²) in [4.78, 5) is 16.9. The molecule has 0 aliphatic heterocycles. The third-order valence-corrected chi connectivity index (χ3v) is 5.46. The second-order valence-electron chi connectivity index (χ2n) is 7.37. The van der Waals surface area contributed by atoms with Crippen LogP contribution in [0.2, 0.25) is 0 Å². The lowest BCUT2D eigenvalue weighted by atomic mass is 10.0. The van der Waals surface area contributed by atoms with Crippen molar-refractivity contribution in [1.29, 1.82) is 0 Å². The Balaban J connectivity index is 1.64. The monoisotopic (exact) mass is 394 g/mol. The van der Waals surface area contributed by atoms with Crippen molar-refractivity contribution in [2.75, 3.05) is 11.9 Å². The molecule has 1 amide bonds. The number of thiazole rings is 1. The van der Waals surface area contributed by atoms with Gasteiger partial charge in [0.15, 0.2) is 11.7 Å². The number of carbonyl (C=O) groups excluding carboxylic acids is 1. The molecule has 0 atom stereocenters. The van der Waals surface area contributed by atoms with E-state index in [0.717, 1.165) is 28.1 Å². The van der Waals surface area contributed by atoms with Crippen LogP contribution in [0, 0.1) is 20.8 Å². The van der Waals surface area contributed by atoms with Crippen molar-refractivity contribution in [2.24, 2.45) is 0 Å². The number of benzene rings is 2. The molecule has 0 spiro atoms. The van der Waals surface area contributed by atoms with Crippen molar-refractivity contribution in [2.45, 2.75) is 40.5 Å². The van der Waals surface area contributed by atoms with Crippen molar-refractivity contribution < 1.29 is 9.53 Å². The van der Waals surface area contributed by atoms with Gasteiger partial charge in [0, 0.05) is 10.9 Å². The zero-order valence-corrected chi connectivity index (χ0v) is 17.8. The first-order chi connectivity index (χ1) is 13.3.